The van der Waals surface area contributed by atoms with Crippen LogP contribution >= 0.6 is 0 Å². The van der Waals surface area contributed by atoms with E-state index >= 15 is 0 Å². The molecule has 0 aliphatic heterocycles. The Balaban J connectivity index is 2.46. The molecule has 1 rings (SSSR count). The molecule has 0 aromatic rings. The molecule has 0 spiro atoms. The maximum Gasteiger partial charge on any atom is -0.0380 e. The van der Waals surface area contributed by atoms with Crippen LogP contribution in [-0.2, 0) is 0 Å². The summed E-state index contributed by atoms with van der Waals surface area (Å²) >= 11 is 0. The van der Waals surface area contributed by atoms with Crippen LogP contribution in [0.2, 0.25) is 0 Å². The molecule has 3 unspecified atom stereocenters. The molecule has 1 fully saturated rings. The lowest BCUT2D eigenvalue weighted by Gasteiger charge is -2.26. The number of hydrogen-bond donors (Lipinski definition) is 0. The zero-order valence-corrected chi connectivity index (χ0v) is 10.8. The molecule has 14 heavy (non-hydrogen) atoms. The highest BCUT2D eigenvalue weighted by Crippen LogP contribution is 2.37. The van der Waals surface area contributed by atoms with Gasteiger partial charge in [0.2, 0.25) is 0 Å². The average Bonchev–Trinajstić information content (AvgIpc) is 2.08. The fourth-order valence-corrected chi connectivity index (χ4v) is 3.16. The zero-order valence-electron chi connectivity index (χ0n) is 10.8. The first-order chi connectivity index (χ1) is 6.37. The molecule has 1 aliphatic carbocycles. The van der Waals surface area contributed by atoms with Gasteiger partial charge in [0.1, 0.15) is 0 Å². The predicted molar refractivity (Wildman–Crippen MR) is 64.4 cm³/mol. The van der Waals surface area contributed by atoms with Crippen molar-refractivity contribution >= 4 is 0 Å². The van der Waals surface area contributed by atoms with Crippen LogP contribution in [0.3, 0.4) is 0 Å². The van der Waals surface area contributed by atoms with Crippen LogP contribution in [0, 0.1) is 23.2 Å². The first-order valence-corrected chi connectivity index (χ1v) is 6.37. The summed E-state index contributed by atoms with van der Waals surface area (Å²) < 4.78 is 0. The molecule has 1 saturated carbocycles. The molecular weight excluding hydrogens is 168 g/mol. The standard InChI is InChI=1S/C14H28/c1-11-6-7-13(9-12(2)8-11)10-14(3,4)5/h11-13H,6-10H2,1-5H3. The van der Waals surface area contributed by atoms with E-state index in [1.807, 2.05) is 0 Å². The normalized spacial score (nSPS) is 35.4. The van der Waals surface area contributed by atoms with Crippen LogP contribution in [0.1, 0.15) is 66.7 Å². The fraction of sp³-hybridized carbons (Fsp3) is 1.00. The van der Waals surface area contributed by atoms with Crippen molar-refractivity contribution in [1.82, 2.24) is 0 Å². The van der Waals surface area contributed by atoms with E-state index in [4.69, 9.17) is 0 Å². The Kier molecular flexibility index (Phi) is 4.04. The Bertz CT molecular complexity index is 163. The van der Waals surface area contributed by atoms with Gasteiger partial charge in [-0.1, -0.05) is 47.5 Å². The summed E-state index contributed by atoms with van der Waals surface area (Å²) in [4.78, 5) is 0. The molecular formula is C14H28. The second kappa shape index (κ2) is 4.68. The lowest BCUT2D eigenvalue weighted by atomic mass is 9.80. The van der Waals surface area contributed by atoms with E-state index in [9.17, 15) is 0 Å². The molecule has 1 aliphatic rings. The number of hydrogen-bond acceptors (Lipinski definition) is 0. The Morgan fingerprint density at radius 2 is 1.57 bits per heavy atom. The van der Waals surface area contributed by atoms with Gasteiger partial charge in [-0.2, -0.15) is 0 Å². The van der Waals surface area contributed by atoms with Gasteiger partial charge >= 0.3 is 0 Å². The molecule has 0 aromatic carbocycles. The van der Waals surface area contributed by atoms with Crippen LogP contribution in [0.5, 0.6) is 0 Å². The van der Waals surface area contributed by atoms with E-state index in [2.05, 4.69) is 34.6 Å². The highest BCUT2D eigenvalue weighted by molar-refractivity contribution is 4.76. The summed E-state index contributed by atoms with van der Waals surface area (Å²) in [6.07, 6.45) is 7.29. The molecule has 0 aromatic heterocycles. The largest absolute Gasteiger partial charge is 0.0625 e. The van der Waals surface area contributed by atoms with Gasteiger partial charge in [-0.15, -0.1) is 0 Å². The van der Waals surface area contributed by atoms with Crippen molar-refractivity contribution in [2.75, 3.05) is 0 Å². The van der Waals surface area contributed by atoms with Crippen LogP contribution in [0.15, 0.2) is 0 Å². The molecule has 3 atom stereocenters. The van der Waals surface area contributed by atoms with Gasteiger partial charge in [0.15, 0.2) is 0 Å². The molecule has 0 amide bonds. The molecule has 0 nitrogen and oxygen atoms in total. The van der Waals surface area contributed by atoms with Gasteiger partial charge in [-0.05, 0) is 42.4 Å². The second-order valence-electron chi connectivity index (χ2n) is 6.89. The van der Waals surface area contributed by atoms with Crippen LogP contribution < -0.4 is 0 Å². The van der Waals surface area contributed by atoms with Crippen molar-refractivity contribution in [3.05, 3.63) is 0 Å². The molecule has 84 valence electrons. The molecule has 0 heteroatoms. The lowest BCUT2D eigenvalue weighted by Crippen LogP contribution is -2.14. The molecule has 0 saturated heterocycles. The van der Waals surface area contributed by atoms with Gasteiger partial charge < -0.3 is 0 Å². The minimum atomic E-state index is 0.526. The highest BCUT2D eigenvalue weighted by Gasteiger charge is 2.24. The van der Waals surface area contributed by atoms with Gasteiger partial charge in [-0.3, -0.25) is 0 Å². The lowest BCUT2D eigenvalue weighted by molar-refractivity contribution is 0.257. The van der Waals surface area contributed by atoms with E-state index in [1.165, 1.54) is 32.1 Å². The Morgan fingerprint density at radius 3 is 2.14 bits per heavy atom. The van der Waals surface area contributed by atoms with Crippen molar-refractivity contribution in [1.29, 1.82) is 0 Å². The summed E-state index contributed by atoms with van der Waals surface area (Å²) in [5.41, 5.74) is 0.526. The van der Waals surface area contributed by atoms with E-state index in [-0.39, 0.29) is 0 Å². The van der Waals surface area contributed by atoms with Crippen molar-refractivity contribution in [2.45, 2.75) is 66.7 Å². The first-order valence-electron chi connectivity index (χ1n) is 6.37. The van der Waals surface area contributed by atoms with Crippen LogP contribution in [-0.4, -0.2) is 0 Å². The third kappa shape index (κ3) is 4.48. The van der Waals surface area contributed by atoms with Crippen molar-refractivity contribution in [2.24, 2.45) is 23.2 Å². The third-order valence-electron chi connectivity index (χ3n) is 3.51. The summed E-state index contributed by atoms with van der Waals surface area (Å²) in [5, 5.41) is 0. The summed E-state index contributed by atoms with van der Waals surface area (Å²) in [6, 6.07) is 0. The zero-order chi connectivity index (χ0) is 10.8. The van der Waals surface area contributed by atoms with E-state index in [1.54, 1.807) is 0 Å². The van der Waals surface area contributed by atoms with Crippen LogP contribution in [0.25, 0.3) is 0 Å². The Labute approximate surface area is 90.5 Å². The van der Waals surface area contributed by atoms with Crippen molar-refractivity contribution in [3.63, 3.8) is 0 Å². The van der Waals surface area contributed by atoms with Crippen molar-refractivity contribution in [3.8, 4) is 0 Å². The predicted octanol–water partition coefficient (Wildman–Crippen LogP) is 4.89. The van der Waals surface area contributed by atoms with Gasteiger partial charge in [0, 0.05) is 0 Å². The maximum absolute atomic E-state index is 2.44. The van der Waals surface area contributed by atoms with E-state index in [0.717, 1.165) is 17.8 Å². The first kappa shape index (κ1) is 12.1. The molecule has 0 N–H and O–H groups in total. The summed E-state index contributed by atoms with van der Waals surface area (Å²) in [7, 11) is 0. The maximum atomic E-state index is 2.44. The molecule has 0 radical (unpaired) electrons. The topological polar surface area (TPSA) is 0 Å². The second-order valence-corrected chi connectivity index (χ2v) is 6.89. The Hall–Kier alpha value is 0. The third-order valence-corrected chi connectivity index (χ3v) is 3.51. The smallest absolute Gasteiger partial charge is 0.0380 e. The van der Waals surface area contributed by atoms with Gasteiger partial charge in [0.25, 0.3) is 0 Å². The monoisotopic (exact) mass is 196 g/mol. The summed E-state index contributed by atoms with van der Waals surface area (Å²) in [5.74, 6) is 2.92. The van der Waals surface area contributed by atoms with Gasteiger partial charge in [0.05, 0.1) is 0 Å². The SMILES string of the molecule is CC1CCC(CC(C)(C)C)CC(C)C1. The minimum absolute atomic E-state index is 0.526. The van der Waals surface area contributed by atoms with E-state index in [0.29, 0.717) is 5.41 Å². The van der Waals surface area contributed by atoms with Crippen molar-refractivity contribution < 1.29 is 0 Å². The quantitative estimate of drug-likeness (QED) is 0.524. The fourth-order valence-electron chi connectivity index (χ4n) is 3.16. The highest BCUT2D eigenvalue weighted by atomic mass is 14.3. The van der Waals surface area contributed by atoms with Gasteiger partial charge in [-0.25, -0.2) is 0 Å². The Morgan fingerprint density at radius 1 is 0.929 bits per heavy atom. The number of rotatable bonds is 1. The van der Waals surface area contributed by atoms with E-state index < -0.39 is 0 Å². The minimum Gasteiger partial charge on any atom is -0.0625 e. The molecule has 0 heterocycles. The van der Waals surface area contributed by atoms with Crippen LogP contribution in [0.4, 0.5) is 0 Å². The molecule has 0 bridgehead atoms. The average molecular weight is 196 g/mol. The summed E-state index contributed by atoms with van der Waals surface area (Å²) in [6.45, 7) is 12.0.